The topological polar surface area (TPSA) is 87.1 Å². The predicted molar refractivity (Wildman–Crippen MR) is 122 cm³/mol. The largest absolute Gasteiger partial charge is 0.508 e. The number of carbonyl (C=O) groups excluding carboxylic acids is 2. The van der Waals surface area contributed by atoms with E-state index in [-0.39, 0.29) is 17.1 Å². The highest BCUT2D eigenvalue weighted by molar-refractivity contribution is 6.51. The highest BCUT2D eigenvalue weighted by Crippen LogP contribution is 2.42. The summed E-state index contributed by atoms with van der Waals surface area (Å²) in [7, 11) is 0. The van der Waals surface area contributed by atoms with Crippen LogP contribution in [-0.2, 0) is 9.59 Å². The summed E-state index contributed by atoms with van der Waals surface area (Å²) in [6.45, 7) is 2.36. The van der Waals surface area contributed by atoms with E-state index in [4.69, 9.17) is 16.3 Å². The fourth-order valence-corrected chi connectivity index (χ4v) is 3.83. The van der Waals surface area contributed by atoms with Crippen LogP contribution in [0.1, 0.15) is 24.1 Å². The number of anilines is 1. The Labute approximate surface area is 189 Å². The first-order valence-corrected chi connectivity index (χ1v) is 10.4. The minimum atomic E-state index is -0.886. The molecular weight excluding hydrogens is 430 g/mol. The lowest BCUT2D eigenvalue weighted by molar-refractivity contribution is -0.132. The predicted octanol–water partition coefficient (Wildman–Crippen LogP) is 5.07. The molecule has 0 bridgehead atoms. The van der Waals surface area contributed by atoms with Gasteiger partial charge in [0, 0.05) is 16.3 Å². The van der Waals surface area contributed by atoms with Gasteiger partial charge in [-0.05, 0) is 73.2 Å². The van der Waals surface area contributed by atoms with E-state index in [1.54, 1.807) is 60.7 Å². The molecule has 3 aromatic carbocycles. The van der Waals surface area contributed by atoms with Crippen LogP contribution in [0.25, 0.3) is 5.76 Å². The minimum Gasteiger partial charge on any atom is -0.508 e. The molecule has 7 heteroatoms. The number of aliphatic hydroxyl groups is 1. The van der Waals surface area contributed by atoms with Crippen molar-refractivity contribution in [3.8, 4) is 11.5 Å². The van der Waals surface area contributed by atoms with E-state index in [1.807, 2.05) is 6.92 Å². The molecule has 1 heterocycles. The number of aromatic hydroxyl groups is 1. The van der Waals surface area contributed by atoms with E-state index < -0.39 is 17.7 Å². The van der Waals surface area contributed by atoms with Crippen LogP contribution in [0, 0.1) is 0 Å². The van der Waals surface area contributed by atoms with Crippen molar-refractivity contribution in [3.05, 3.63) is 94.5 Å². The number of amides is 1. The Morgan fingerprint density at radius 3 is 2.19 bits per heavy atom. The summed E-state index contributed by atoms with van der Waals surface area (Å²) in [5.74, 6) is -1.19. The molecule has 2 N–H and O–H groups in total. The summed E-state index contributed by atoms with van der Waals surface area (Å²) in [4.78, 5) is 27.5. The van der Waals surface area contributed by atoms with Gasteiger partial charge in [0.15, 0.2) is 0 Å². The molecule has 4 rings (SSSR count). The lowest BCUT2D eigenvalue weighted by atomic mass is 9.95. The molecule has 1 amide bonds. The zero-order chi connectivity index (χ0) is 22.8. The van der Waals surface area contributed by atoms with Crippen molar-refractivity contribution in [1.29, 1.82) is 0 Å². The maximum atomic E-state index is 13.1. The average Bonchev–Trinajstić information content (AvgIpc) is 3.06. The van der Waals surface area contributed by atoms with E-state index in [0.717, 1.165) is 0 Å². The standard InChI is InChI=1S/C25H20ClNO5/c1-2-32-20-13-5-16(6-14-20)23(29)21-22(15-3-11-19(28)12-4-15)27(25(31)24(21)30)18-9-7-17(26)8-10-18/h3-14,22,28-29H,2H2,1H3/b23-21+. The highest BCUT2D eigenvalue weighted by Gasteiger charge is 2.46. The number of hydrogen-bond donors (Lipinski definition) is 2. The lowest BCUT2D eigenvalue weighted by Crippen LogP contribution is -2.29. The number of phenols is 1. The van der Waals surface area contributed by atoms with Crippen molar-refractivity contribution >= 4 is 34.7 Å². The maximum Gasteiger partial charge on any atom is 0.300 e. The van der Waals surface area contributed by atoms with Crippen LogP contribution >= 0.6 is 11.6 Å². The van der Waals surface area contributed by atoms with Crippen LogP contribution in [-0.4, -0.2) is 28.5 Å². The molecule has 0 aromatic heterocycles. The SMILES string of the molecule is CCOc1ccc(/C(O)=C2\C(=O)C(=O)N(c3ccc(Cl)cc3)C2c2ccc(O)cc2)cc1. The Bertz CT molecular complexity index is 1180. The van der Waals surface area contributed by atoms with Crippen LogP contribution in [0.4, 0.5) is 5.69 Å². The summed E-state index contributed by atoms with van der Waals surface area (Å²) in [6.07, 6.45) is 0. The Balaban J connectivity index is 1.88. The van der Waals surface area contributed by atoms with Crippen LogP contribution < -0.4 is 9.64 Å². The van der Waals surface area contributed by atoms with Crippen molar-refractivity contribution in [3.63, 3.8) is 0 Å². The second kappa shape index (κ2) is 8.77. The fraction of sp³-hybridized carbons (Fsp3) is 0.120. The Morgan fingerprint density at radius 2 is 1.59 bits per heavy atom. The number of rotatable bonds is 5. The molecule has 0 radical (unpaired) electrons. The number of halogens is 1. The van der Waals surface area contributed by atoms with Crippen LogP contribution in [0.15, 0.2) is 78.4 Å². The molecule has 1 aliphatic heterocycles. The molecule has 3 aromatic rings. The Morgan fingerprint density at radius 1 is 0.969 bits per heavy atom. The number of Topliss-reactive ketones (excluding diaryl/α,β-unsaturated/α-hetero) is 1. The first-order chi connectivity index (χ1) is 15.4. The highest BCUT2D eigenvalue weighted by atomic mass is 35.5. The van der Waals surface area contributed by atoms with E-state index in [9.17, 15) is 19.8 Å². The zero-order valence-electron chi connectivity index (χ0n) is 17.2. The van der Waals surface area contributed by atoms with Gasteiger partial charge in [0.1, 0.15) is 17.3 Å². The van der Waals surface area contributed by atoms with Crippen molar-refractivity contribution in [2.75, 3.05) is 11.5 Å². The van der Waals surface area contributed by atoms with Crippen LogP contribution in [0.3, 0.4) is 0 Å². The molecule has 1 fully saturated rings. The van der Waals surface area contributed by atoms with Gasteiger partial charge in [0.05, 0.1) is 18.2 Å². The van der Waals surface area contributed by atoms with Gasteiger partial charge in [-0.3, -0.25) is 14.5 Å². The van der Waals surface area contributed by atoms with Gasteiger partial charge in [-0.25, -0.2) is 0 Å². The first-order valence-electron chi connectivity index (χ1n) is 9.99. The molecule has 162 valence electrons. The summed E-state index contributed by atoms with van der Waals surface area (Å²) in [5.41, 5.74) is 1.36. The molecule has 0 aliphatic carbocycles. The molecule has 0 saturated carbocycles. The molecule has 32 heavy (non-hydrogen) atoms. The molecule has 1 aliphatic rings. The Kier molecular flexibility index (Phi) is 5.88. The fourth-order valence-electron chi connectivity index (χ4n) is 3.70. The zero-order valence-corrected chi connectivity index (χ0v) is 17.9. The third-order valence-corrected chi connectivity index (χ3v) is 5.45. The van der Waals surface area contributed by atoms with E-state index >= 15 is 0 Å². The van der Waals surface area contributed by atoms with Gasteiger partial charge in [0.25, 0.3) is 11.7 Å². The van der Waals surface area contributed by atoms with Gasteiger partial charge >= 0.3 is 0 Å². The van der Waals surface area contributed by atoms with Crippen molar-refractivity contribution < 1.29 is 24.5 Å². The molecule has 0 spiro atoms. The third kappa shape index (κ3) is 3.92. The van der Waals surface area contributed by atoms with Crippen molar-refractivity contribution in [2.45, 2.75) is 13.0 Å². The second-order valence-corrected chi connectivity index (χ2v) is 7.63. The number of nitrogens with zero attached hydrogens (tertiary/aromatic N) is 1. The molecule has 1 saturated heterocycles. The number of phenolic OH excluding ortho intramolecular Hbond substituents is 1. The number of hydrogen-bond acceptors (Lipinski definition) is 5. The quantitative estimate of drug-likeness (QED) is 0.322. The first kappa shape index (κ1) is 21.5. The monoisotopic (exact) mass is 449 g/mol. The number of ether oxygens (including phenoxy) is 1. The van der Waals surface area contributed by atoms with Gasteiger partial charge in [-0.1, -0.05) is 23.7 Å². The third-order valence-electron chi connectivity index (χ3n) is 5.20. The van der Waals surface area contributed by atoms with Crippen LogP contribution in [0.2, 0.25) is 5.02 Å². The second-order valence-electron chi connectivity index (χ2n) is 7.19. The molecule has 1 unspecified atom stereocenters. The number of benzene rings is 3. The maximum absolute atomic E-state index is 13.1. The van der Waals surface area contributed by atoms with E-state index in [2.05, 4.69) is 0 Å². The summed E-state index contributed by atoms with van der Waals surface area (Å²) in [5, 5.41) is 21.3. The number of ketones is 1. The molecule has 1 atom stereocenters. The van der Waals surface area contributed by atoms with Crippen molar-refractivity contribution in [1.82, 2.24) is 0 Å². The van der Waals surface area contributed by atoms with E-state index in [1.165, 1.54) is 17.0 Å². The molecule has 6 nitrogen and oxygen atoms in total. The smallest absolute Gasteiger partial charge is 0.300 e. The lowest BCUT2D eigenvalue weighted by Gasteiger charge is -2.25. The average molecular weight is 450 g/mol. The summed E-state index contributed by atoms with van der Waals surface area (Å²) in [6, 6.07) is 18.4. The van der Waals surface area contributed by atoms with Crippen molar-refractivity contribution in [2.24, 2.45) is 0 Å². The van der Waals surface area contributed by atoms with Gasteiger partial charge in [-0.15, -0.1) is 0 Å². The summed E-state index contributed by atoms with van der Waals surface area (Å²) >= 11 is 5.99. The summed E-state index contributed by atoms with van der Waals surface area (Å²) < 4.78 is 5.43. The Hall–Kier alpha value is -3.77. The van der Waals surface area contributed by atoms with Gasteiger partial charge in [0.2, 0.25) is 0 Å². The molecular formula is C25H20ClNO5. The number of carbonyl (C=O) groups is 2. The van der Waals surface area contributed by atoms with Crippen LogP contribution in [0.5, 0.6) is 11.5 Å². The number of aliphatic hydroxyl groups excluding tert-OH is 1. The minimum absolute atomic E-state index is 0.0419. The van der Waals surface area contributed by atoms with Gasteiger partial charge < -0.3 is 14.9 Å². The van der Waals surface area contributed by atoms with E-state index in [0.29, 0.717) is 34.2 Å². The normalized spacial score (nSPS) is 17.6. The van der Waals surface area contributed by atoms with Gasteiger partial charge in [-0.2, -0.15) is 0 Å².